The van der Waals surface area contributed by atoms with Crippen LogP contribution in [0.5, 0.6) is 0 Å². The fraction of sp³-hybridized carbons (Fsp3) is 0.385. The Morgan fingerprint density at radius 2 is 1.94 bits per heavy atom. The van der Waals surface area contributed by atoms with Crippen molar-refractivity contribution in [1.82, 2.24) is 9.55 Å². The van der Waals surface area contributed by atoms with E-state index >= 15 is 0 Å². The van der Waals surface area contributed by atoms with Gasteiger partial charge in [-0.05, 0) is 43.4 Å². The van der Waals surface area contributed by atoms with E-state index in [-0.39, 0.29) is 11.6 Å². The Labute approximate surface area is 182 Å². The highest BCUT2D eigenvalue weighted by Gasteiger charge is 2.27. The minimum absolute atomic E-state index is 0.0492. The largest absolute Gasteiger partial charge is 0.391 e. The van der Waals surface area contributed by atoms with Gasteiger partial charge in [0, 0.05) is 19.2 Å². The number of hydrogen-bond acceptors (Lipinski definition) is 4. The van der Waals surface area contributed by atoms with Gasteiger partial charge >= 0.3 is 0 Å². The van der Waals surface area contributed by atoms with Crippen LogP contribution in [0.4, 0.5) is 5.69 Å². The molecular formula is C26H29N3O2. The number of aliphatic hydroxyl groups is 1. The van der Waals surface area contributed by atoms with Gasteiger partial charge in [-0.1, -0.05) is 54.8 Å². The van der Waals surface area contributed by atoms with E-state index in [2.05, 4.69) is 55.3 Å². The van der Waals surface area contributed by atoms with Gasteiger partial charge in [-0.3, -0.25) is 9.36 Å². The summed E-state index contributed by atoms with van der Waals surface area (Å²) < 4.78 is 1.67. The molecule has 2 aliphatic rings. The Morgan fingerprint density at radius 1 is 1.16 bits per heavy atom. The molecule has 0 bridgehead atoms. The number of rotatable bonds is 3. The molecule has 5 rings (SSSR count). The molecular weight excluding hydrogens is 386 g/mol. The second-order valence-electron chi connectivity index (χ2n) is 9.02. The molecule has 1 saturated carbocycles. The summed E-state index contributed by atoms with van der Waals surface area (Å²) in [6.07, 6.45) is 9.85. The number of aromatic nitrogens is 2. The summed E-state index contributed by atoms with van der Waals surface area (Å²) in [5.74, 6) is 0. The maximum Gasteiger partial charge on any atom is 0.261 e. The highest BCUT2D eigenvalue weighted by atomic mass is 16.3. The van der Waals surface area contributed by atoms with Gasteiger partial charge in [-0.2, -0.15) is 0 Å². The third kappa shape index (κ3) is 3.57. The molecule has 5 heteroatoms. The maximum absolute atomic E-state index is 13.6. The molecule has 0 unspecified atom stereocenters. The minimum atomic E-state index is -0.485. The average Bonchev–Trinajstić information content (AvgIpc) is 2.77. The zero-order chi connectivity index (χ0) is 21.5. The molecule has 2 aromatic carbocycles. The van der Waals surface area contributed by atoms with Crippen molar-refractivity contribution in [1.29, 1.82) is 0 Å². The summed E-state index contributed by atoms with van der Waals surface area (Å²) in [6, 6.07) is 10.4. The van der Waals surface area contributed by atoms with Crippen LogP contribution in [0.15, 0.2) is 47.5 Å². The SMILES string of the molecule is Cc1ccc(Cc2cc3c(=O)n([C@H]4CCCC[C@@H]4O)cnc3c3c2C=CCN3C)cc1. The summed E-state index contributed by atoms with van der Waals surface area (Å²) in [7, 11) is 2.05. The van der Waals surface area contributed by atoms with Crippen LogP contribution >= 0.6 is 0 Å². The van der Waals surface area contributed by atoms with Crippen LogP contribution in [0.25, 0.3) is 17.0 Å². The molecule has 1 aliphatic heterocycles. The summed E-state index contributed by atoms with van der Waals surface area (Å²) in [5, 5.41) is 11.2. The number of likely N-dealkylation sites (N-methyl/N-ethyl adjacent to an activating group) is 1. The summed E-state index contributed by atoms with van der Waals surface area (Å²) in [6.45, 7) is 2.88. The number of hydrogen-bond donors (Lipinski definition) is 1. The lowest BCUT2D eigenvalue weighted by Crippen LogP contribution is -2.35. The van der Waals surface area contributed by atoms with Crippen molar-refractivity contribution in [3.05, 3.63) is 75.3 Å². The topological polar surface area (TPSA) is 58.4 Å². The van der Waals surface area contributed by atoms with E-state index in [4.69, 9.17) is 4.98 Å². The molecule has 31 heavy (non-hydrogen) atoms. The average molecular weight is 416 g/mol. The number of fused-ring (bicyclic) bond motifs is 3. The van der Waals surface area contributed by atoms with Gasteiger partial charge in [-0.15, -0.1) is 0 Å². The molecule has 0 saturated heterocycles. The number of benzene rings is 2. The van der Waals surface area contributed by atoms with E-state index in [1.165, 1.54) is 11.1 Å². The lowest BCUT2D eigenvalue weighted by molar-refractivity contribution is 0.0735. The van der Waals surface area contributed by atoms with Crippen molar-refractivity contribution in [2.45, 2.75) is 51.2 Å². The Kier molecular flexibility index (Phi) is 5.14. The first kappa shape index (κ1) is 20.0. The van der Waals surface area contributed by atoms with Crippen molar-refractivity contribution < 1.29 is 5.11 Å². The van der Waals surface area contributed by atoms with Gasteiger partial charge in [0.25, 0.3) is 5.56 Å². The Bertz CT molecular complexity index is 1210. The van der Waals surface area contributed by atoms with Crippen molar-refractivity contribution in [3.63, 3.8) is 0 Å². The standard InChI is InChI=1S/C26H29N3O2/c1-17-9-11-18(12-10-17)14-19-15-21-24(25-20(19)6-5-13-28(25)2)27-16-29(26(21)31)22-7-3-4-8-23(22)30/h5-6,9-12,15-16,22-23,30H,3-4,7-8,13-14H2,1-2H3/t22-,23-/m0/s1. The lowest BCUT2D eigenvalue weighted by atomic mass is 9.91. The van der Waals surface area contributed by atoms with Gasteiger partial charge < -0.3 is 10.0 Å². The van der Waals surface area contributed by atoms with Crippen LogP contribution in [-0.2, 0) is 6.42 Å². The first-order valence-electron chi connectivity index (χ1n) is 11.2. The van der Waals surface area contributed by atoms with E-state index in [0.717, 1.165) is 61.0 Å². The third-order valence-corrected chi connectivity index (χ3v) is 6.79. The second-order valence-corrected chi connectivity index (χ2v) is 9.02. The van der Waals surface area contributed by atoms with Gasteiger partial charge in [0.2, 0.25) is 0 Å². The number of nitrogens with zero attached hydrogens (tertiary/aromatic N) is 3. The molecule has 160 valence electrons. The quantitative estimate of drug-likeness (QED) is 0.695. The predicted octanol–water partition coefficient (Wildman–Crippen LogP) is 4.23. The molecule has 3 aromatic rings. The first-order chi connectivity index (χ1) is 15.0. The minimum Gasteiger partial charge on any atom is -0.391 e. The predicted molar refractivity (Wildman–Crippen MR) is 126 cm³/mol. The van der Waals surface area contributed by atoms with Crippen molar-refractivity contribution >= 4 is 22.7 Å². The van der Waals surface area contributed by atoms with E-state index in [0.29, 0.717) is 5.39 Å². The van der Waals surface area contributed by atoms with Gasteiger partial charge in [0.1, 0.15) is 5.52 Å². The van der Waals surface area contributed by atoms with Crippen LogP contribution in [0.1, 0.15) is 54.0 Å². The molecule has 0 radical (unpaired) electrons. The van der Waals surface area contributed by atoms with Gasteiger partial charge in [-0.25, -0.2) is 4.98 Å². The first-order valence-corrected chi connectivity index (χ1v) is 11.2. The molecule has 0 amide bonds. The van der Waals surface area contributed by atoms with Crippen molar-refractivity contribution in [2.75, 3.05) is 18.5 Å². The molecule has 0 spiro atoms. The van der Waals surface area contributed by atoms with Crippen LogP contribution in [0.2, 0.25) is 0 Å². The monoisotopic (exact) mass is 415 g/mol. The maximum atomic E-state index is 13.6. The Hall–Kier alpha value is -2.92. The number of aryl methyl sites for hydroxylation is 1. The second kappa shape index (κ2) is 7.97. The molecule has 1 fully saturated rings. The van der Waals surface area contributed by atoms with E-state index in [1.807, 2.05) is 6.07 Å². The van der Waals surface area contributed by atoms with Crippen LogP contribution in [0, 0.1) is 6.92 Å². The Balaban J connectivity index is 1.69. The van der Waals surface area contributed by atoms with Crippen LogP contribution in [0.3, 0.4) is 0 Å². The Morgan fingerprint density at radius 3 is 2.71 bits per heavy atom. The lowest BCUT2D eigenvalue weighted by Gasteiger charge is -2.30. The fourth-order valence-electron chi connectivity index (χ4n) is 5.05. The third-order valence-electron chi connectivity index (χ3n) is 6.79. The van der Waals surface area contributed by atoms with E-state index in [9.17, 15) is 9.90 Å². The normalized spacial score (nSPS) is 20.8. The summed E-state index contributed by atoms with van der Waals surface area (Å²) >= 11 is 0. The molecule has 1 aromatic heterocycles. The zero-order valence-electron chi connectivity index (χ0n) is 18.2. The van der Waals surface area contributed by atoms with E-state index in [1.54, 1.807) is 10.9 Å². The molecule has 1 aliphatic carbocycles. The van der Waals surface area contributed by atoms with Gasteiger partial charge in [0.05, 0.1) is 29.5 Å². The van der Waals surface area contributed by atoms with Crippen molar-refractivity contribution in [3.8, 4) is 0 Å². The zero-order valence-corrected chi connectivity index (χ0v) is 18.2. The molecule has 1 N–H and O–H groups in total. The highest BCUT2D eigenvalue weighted by Crippen LogP contribution is 2.36. The summed E-state index contributed by atoms with van der Waals surface area (Å²) in [5.41, 5.74) is 6.46. The highest BCUT2D eigenvalue weighted by molar-refractivity contribution is 5.97. The smallest absolute Gasteiger partial charge is 0.261 e. The molecule has 2 atom stereocenters. The molecule has 5 nitrogen and oxygen atoms in total. The number of aliphatic hydroxyl groups excluding tert-OH is 1. The van der Waals surface area contributed by atoms with Crippen LogP contribution in [-0.4, -0.2) is 34.4 Å². The summed E-state index contributed by atoms with van der Waals surface area (Å²) in [4.78, 5) is 20.5. The van der Waals surface area contributed by atoms with Gasteiger partial charge in [0.15, 0.2) is 0 Å². The molecule has 2 heterocycles. The van der Waals surface area contributed by atoms with E-state index < -0.39 is 6.10 Å². The van der Waals surface area contributed by atoms with Crippen molar-refractivity contribution in [2.24, 2.45) is 0 Å². The van der Waals surface area contributed by atoms with Crippen LogP contribution < -0.4 is 10.5 Å². The number of anilines is 1. The fourth-order valence-corrected chi connectivity index (χ4v) is 5.05.